The number of nitrogens with one attached hydrogen (secondary N) is 1. The standard InChI is InChI=1S/C9H14F3NO2.C2H6/c1-6-2-3-7(4-6)13-8(14)15-5-9(10,11)12;1-2/h6-7H,2-5H2,1H3,(H,13,14);1-2H3. The summed E-state index contributed by atoms with van der Waals surface area (Å²) in [7, 11) is 0. The highest BCUT2D eigenvalue weighted by Crippen LogP contribution is 2.24. The molecule has 1 rings (SSSR count). The van der Waals surface area contributed by atoms with Crippen LogP contribution >= 0.6 is 0 Å². The molecule has 6 heteroatoms. The lowest BCUT2D eigenvalue weighted by Crippen LogP contribution is -2.35. The Kier molecular flexibility index (Phi) is 6.99. The van der Waals surface area contributed by atoms with E-state index in [9.17, 15) is 18.0 Å². The number of ether oxygens (including phenoxy) is 1. The molecule has 0 aromatic rings. The van der Waals surface area contributed by atoms with Gasteiger partial charge >= 0.3 is 12.3 Å². The molecule has 0 heterocycles. The Morgan fingerprint density at radius 1 is 1.35 bits per heavy atom. The van der Waals surface area contributed by atoms with E-state index in [2.05, 4.69) is 10.1 Å². The van der Waals surface area contributed by atoms with E-state index in [0.29, 0.717) is 5.92 Å². The number of amides is 1. The lowest BCUT2D eigenvalue weighted by molar-refractivity contribution is -0.160. The van der Waals surface area contributed by atoms with Crippen molar-refractivity contribution in [3.63, 3.8) is 0 Å². The first-order chi connectivity index (χ1) is 7.87. The predicted molar refractivity (Wildman–Crippen MR) is 58.7 cm³/mol. The van der Waals surface area contributed by atoms with Crippen LogP contribution in [-0.4, -0.2) is 24.9 Å². The van der Waals surface area contributed by atoms with Gasteiger partial charge in [-0.25, -0.2) is 4.79 Å². The Bertz CT molecular complexity index is 231. The minimum absolute atomic E-state index is 0.0410. The van der Waals surface area contributed by atoms with E-state index in [-0.39, 0.29) is 6.04 Å². The molecular weight excluding hydrogens is 235 g/mol. The van der Waals surface area contributed by atoms with Gasteiger partial charge in [0.25, 0.3) is 0 Å². The van der Waals surface area contributed by atoms with Crippen LogP contribution in [0.1, 0.15) is 40.0 Å². The Morgan fingerprint density at radius 2 is 1.94 bits per heavy atom. The van der Waals surface area contributed by atoms with Gasteiger partial charge in [0.15, 0.2) is 6.61 Å². The molecule has 1 fully saturated rings. The maximum Gasteiger partial charge on any atom is 0.422 e. The van der Waals surface area contributed by atoms with Gasteiger partial charge in [-0.05, 0) is 25.2 Å². The minimum atomic E-state index is -4.46. The minimum Gasteiger partial charge on any atom is -0.440 e. The van der Waals surface area contributed by atoms with Crippen molar-refractivity contribution in [2.75, 3.05) is 6.61 Å². The number of carbonyl (C=O) groups is 1. The second kappa shape index (κ2) is 7.40. The summed E-state index contributed by atoms with van der Waals surface area (Å²) in [5.41, 5.74) is 0. The van der Waals surface area contributed by atoms with Gasteiger partial charge in [-0.2, -0.15) is 13.2 Å². The zero-order valence-corrected chi connectivity index (χ0v) is 10.4. The van der Waals surface area contributed by atoms with E-state index < -0.39 is 18.9 Å². The zero-order valence-electron chi connectivity index (χ0n) is 10.4. The van der Waals surface area contributed by atoms with E-state index in [1.54, 1.807) is 0 Å². The molecule has 0 spiro atoms. The quantitative estimate of drug-likeness (QED) is 0.820. The fourth-order valence-electron chi connectivity index (χ4n) is 1.69. The third-order valence-corrected chi connectivity index (χ3v) is 2.38. The average molecular weight is 255 g/mol. The highest BCUT2D eigenvalue weighted by molar-refractivity contribution is 5.67. The van der Waals surface area contributed by atoms with Crippen LogP contribution in [0.2, 0.25) is 0 Å². The molecular formula is C11H20F3NO2. The normalized spacial score (nSPS) is 23.6. The smallest absolute Gasteiger partial charge is 0.422 e. The summed E-state index contributed by atoms with van der Waals surface area (Å²) < 4.78 is 39.1. The molecule has 1 aliphatic rings. The molecule has 0 aliphatic heterocycles. The maximum absolute atomic E-state index is 11.7. The van der Waals surface area contributed by atoms with Gasteiger partial charge in [-0.15, -0.1) is 0 Å². The number of hydrogen-bond donors (Lipinski definition) is 1. The fourth-order valence-corrected chi connectivity index (χ4v) is 1.69. The predicted octanol–water partition coefficient (Wildman–Crippen LogP) is 3.49. The molecule has 0 radical (unpaired) electrons. The van der Waals surface area contributed by atoms with Crippen LogP contribution < -0.4 is 5.32 Å². The first-order valence-electron chi connectivity index (χ1n) is 5.87. The topological polar surface area (TPSA) is 38.3 Å². The van der Waals surface area contributed by atoms with Crippen molar-refractivity contribution in [3.8, 4) is 0 Å². The Hall–Kier alpha value is -0.940. The summed E-state index contributed by atoms with van der Waals surface area (Å²) >= 11 is 0. The summed E-state index contributed by atoms with van der Waals surface area (Å²) in [6, 6.07) is -0.0410. The Morgan fingerprint density at radius 3 is 2.35 bits per heavy atom. The molecule has 1 aliphatic carbocycles. The average Bonchev–Trinajstić information content (AvgIpc) is 2.63. The third-order valence-electron chi connectivity index (χ3n) is 2.38. The van der Waals surface area contributed by atoms with Crippen LogP contribution in [-0.2, 0) is 4.74 Å². The summed E-state index contributed by atoms with van der Waals surface area (Å²) in [6.45, 7) is 4.52. The second-order valence-corrected chi connectivity index (χ2v) is 3.95. The fraction of sp³-hybridized carbons (Fsp3) is 0.909. The third kappa shape index (κ3) is 7.88. The van der Waals surface area contributed by atoms with Crippen molar-refractivity contribution in [1.82, 2.24) is 5.32 Å². The molecule has 0 saturated heterocycles. The first kappa shape index (κ1) is 16.1. The van der Waals surface area contributed by atoms with E-state index in [0.717, 1.165) is 19.3 Å². The monoisotopic (exact) mass is 255 g/mol. The molecule has 17 heavy (non-hydrogen) atoms. The Labute approximate surface area is 99.7 Å². The molecule has 0 aromatic heterocycles. The maximum atomic E-state index is 11.7. The molecule has 0 aromatic carbocycles. The molecule has 1 saturated carbocycles. The largest absolute Gasteiger partial charge is 0.440 e. The Balaban J connectivity index is 0.00000121. The van der Waals surface area contributed by atoms with Crippen LogP contribution in [0.3, 0.4) is 0 Å². The first-order valence-corrected chi connectivity index (χ1v) is 5.87. The van der Waals surface area contributed by atoms with Crippen LogP contribution in [0.15, 0.2) is 0 Å². The van der Waals surface area contributed by atoms with E-state index in [1.165, 1.54) is 0 Å². The molecule has 0 bridgehead atoms. The number of rotatable bonds is 2. The highest BCUT2D eigenvalue weighted by atomic mass is 19.4. The molecule has 3 nitrogen and oxygen atoms in total. The van der Waals surface area contributed by atoms with Gasteiger partial charge < -0.3 is 10.1 Å². The lowest BCUT2D eigenvalue weighted by atomic mass is 10.1. The van der Waals surface area contributed by atoms with Crippen molar-refractivity contribution >= 4 is 6.09 Å². The van der Waals surface area contributed by atoms with Gasteiger partial charge in [-0.3, -0.25) is 0 Å². The van der Waals surface area contributed by atoms with Crippen molar-refractivity contribution in [2.45, 2.75) is 52.3 Å². The summed E-state index contributed by atoms with van der Waals surface area (Å²) in [5, 5.41) is 2.42. The van der Waals surface area contributed by atoms with Crippen molar-refractivity contribution in [3.05, 3.63) is 0 Å². The second-order valence-electron chi connectivity index (χ2n) is 3.95. The van der Waals surface area contributed by atoms with Crippen LogP contribution in [0.5, 0.6) is 0 Å². The van der Waals surface area contributed by atoms with Crippen molar-refractivity contribution in [2.24, 2.45) is 5.92 Å². The number of alkyl halides is 3. The lowest BCUT2D eigenvalue weighted by Gasteiger charge is -2.13. The molecule has 1 N–H and O–H groups in total. The van der Waals surface area contributed by atoms with Gasteiger partial charge in [0.05, 0.1) is 0 Å². The van der Waals surface area contributed by atoms with Gasteiger partial charge in [0.1, 0.15) is 0 Å². The van der Waals surface area contributed by atoms with Gasteiger partial charge in [-0.1, -0.05) is 20.8 Å². The van der Waals surface area contributed by atoms with Crippen LogP contribution in [0.4, 0.5) is 18.0 Å². The van der Waals surface area contributed by atoms with E-state index in [1.807, 2.05) is 20.8 Å². The molecule has 1 amide bonds. The van der Waals surface area contributed by atoms with Gasteiger partial charge in [0.2, 0.25) is 0 Å². The number of hydrogen-bond acceptors (Lipinski definition) is 2. The molecule has 2 unspecified atom stereocenters. The number of carbonyl (C=O) groups excluding carboxylic acids is 1. The highest BCUT2D eigenvalue weighted by Gasteiger charge is 2.30. The van der Waals surface area contributed by atoms with E-state index in [4.69, 9.17) is 0 Å². The SMILES string of the molecule is CC.CC1CCC(NC(=O)OCC(F)(F)F)C1. The molecule has 102 valence electrons. The van der Waals surface area contributed by atoms with E-state index >= 15 is 0 Å². The summed E-state index contributed by atoms with van der Waals surface area (Å²) in [4.78, 5) is 10.9. The van der Waals surface area contributed by atoms with Gasteiger partial charge in [0, 0.05) is 6.04 Å². The zero-order chi connectivity index (χ0) is 13.5. The number of alkyl carbamates (subject to hydrolysis) is 1. The van der Waals surface area contributed by atoms with Crippen molar-refractivity contribution in [1.29, 1.82) is 0 Å². The van der Waals surface area contributed by atoms with Crippen molar-refractivity contribution < 1.29 is 22.7 Å². The molecule has 2 atom stereocenters. The summed E-state index contributed by atoms with van der Waals surface area (Å²) in [6.07, 6.45) is -2.83. The van der Waals surface area contributed by atoms with Crippen LogP contribution in [0, 0.1) is 5.92 Å². The number of halogens is 3. The summed E-state index contributed by atoms with van der Waals surface area (Å²) in [5.74, 6) is 0.512. The van der Waals surface area contributed by atoms with Crippen LogP contribution in [0.25, 0.3) is 0 Å².